The molecule has 0 spiro atoms. The predicted molar refractivity (Wildman–Crippen MR) is 165 cm³/mol. The Balaban J connectivity index is 3.12. The number of carbonyl (C=O) groups excluding carboxylic acids is 1. The predicted octanol–water partition coefficient (Wildman–Crippen LogP) is 12.0. The molecule has 0 aromatic carbocycles. The molecule has 0 saturated carbocycles. The molecule has 0 aliphatic heterocycles. The fourth-order valence-corrected chi connectivity index (χ4v) is 4.82. The minimum absolute atomic E-state index is 0.0636. The van der Waals surface area contributed by atoms with Gasteiger partial charge in [0.25, 0.3) is 0 Å². The van der Waals surface area contributed by atoms with Crippen LogP contribution in [0.5, 0.6) is 0 Å². The van der Waals surface area contributed by atoms with Gasteiger partial charge in [0.15, 0.2) is 0 Å². The number of esters is 1. The van der Waals surface area contributed by atoms with E-state index in [0.29, 0.717) is 6.42 Å². The van der Waals surface area contributed by atoms with Crippen LogP contribution < -0.4 is 0 Å². The Morgan fingerprint density at radius 2 is 0.784 bits per heavy atom. The highest BCUT2D eigenvalue weighted by atomic mass is 16.5. The van der Waals surface area contributed by atoms with Gasteiger partial charge in [-0.1, -0.05) is 165 Å². The molecule has 216 valence electrons. The van der Waals surface area contributed by atoms with Gasteiger partial charge in [0.2, 0.25) is 0 Å². The second-order valence-corrected chi connectivity index (χ2v) is 10.8. The summed E-state index contributed by atoms with van der Waals surface area (Å²) >= 11 is 0. The van der Waals surface area contributed by atoms with Gasteiger partial charge in [-0.05, 0) is 38.5 Å². The van der Waals surface area contributed by atoms with Crippen molar-refractivity contribution >= 4 is 5.97 Å². The number of rotatable bonds is 29. The first-order valence-electron chi connectivity index (χ1n) is 16.3. The maximum Gasteiger partial charge on any atom is 0.305 e. The summed E-state index contributed by atoms with van der Waals surface area (Å²) in [5.41, 5.74) is 0. The number of methoxy groups -OCH3 is 1. The largest absolute Gasteiger partial charge is 0.469 e. The lowest BCUT2D eigenvalue weighted by Gasteiger charge is -2.04. The van der Waals surface area contributed by atoms with E-state index < -0.39 is 0 Å². The van der Waals surface area contributed by atoms with Gasteiger partial charge in [0.05, 0.1) is 7.11 Å². The normalized spacial score (nSPS) is 11.9. The maximum atomic E-state index is 11.0. The van der Waals surface area contributed by atoms with Crippen LogP contribution in [0.3, 0.4) is 0 Å². The molecular formula is C35H64O2. The Morgan fingerprint density at radius 1 is 0.459 bits per heavy atom. The van der Waals surface area contributed by atoms with Crippen LogP contribution >= 0.6 is 0 Å². The third-order valence-electron chi connectivity index (χ3n) is 7.26. The highest BCUT2D eigenvalue weighted by Crippen LogP contribution is 2.15. The summed E-state index contributed by atoms with van der Waals surface area (Å²) in [5, 5.41) is 0. The summed E-state index contributed by atoms with van der Waals surface area (Å²) in [4.78, 5) is 11.0. The highest BCUT2D eigenvalue weighted by Gasteiger charge is 1.99. The molecule has 0 aliphatic rings. The quantitative estimate of drug-likeness (QED) is 0.0561. The van der Waals surface area contributed by atoms with Crippen LogP contribution in [-0.2, 0) is 9.53 Å². The Hall–Kier alpha value is -1.31. The van der Waals surface area contributed by atoms with E-state index in [9.17, 15) is 4.79 Å². The van der Waals surface area contributed by atoms with Crippen molar-refractivity contribution in [2.45, 2.75) is 174 Å². The Kier molecular flexibility index (Phi) is 31.6. The number of hydrogen-bond donors (Lipinski definition) is 0. The van der Waals surface area contributed by atoms with Gasteiger partial charge in [-0.3, -0.25) is 4.79 Å². The van der Waals surface area contributed by atoms with Gasteiger partial charge in [-0.2, -0.15) is 0 Å². The van der Waals surface area contributed by atoms with Gasteiger partial charge in [0.1, 0.15) is 0 Å². The van der Waals surface area contributed by atoms with Crippen molar-refractivity contribution in [2.24, 2.45) is 0 Å². The molecule has 0 saturated heterocycles. The fraction of sp³-hybridized carbons (Fsp3) is 0.800. The van der Waals surface area contributed by atoms with E-state index in [1.54, 1.807) is 0 Å². The van der Waals surface area contributed by atoms with E-state index in [1.807, 2.05) is 0 Å². The van der Waals surface area contributed by atoms with E-state index in [2.05, 4.69) is 48.1 Å². The van der Waals surface area contributed by atoms with Gasteiger partial charge >= 0.3 is 5.97 Å². The van der Waals surface area contributed by atoms with Crippen molar-refractivity contribution in [3.63, 3.8) is 0 Å². The maximum absolute atomic E-state index is 11.0. The second kappa shape index (κ2) is 32.7. The molecule has 37 heavy (non-hydrogen) atoms. The summed E-state index contributed by atoms with van der Waals surface area (Å²) in [6, 6.07) is 0. The zero-order valence-electron chi connectivity index (χ0n) is 25.2. The molecule has 0 N–H and O–H groups in total. The number of unbranched alkanes of at least 4 members (excludes halogenated alkanes) is 21. The molecule has 0 aromatic rings. The van der Waals surface area contributed by atoms with Crippen molar-refractivity contribution < 1.29 is 9.53 Å². The zero-order chi connectivity index (χ0) is 26.9. The Labute approximate surface area is 232 Å². The van der Waals surface area contributed by atoms with E-state index in [0.717, 1.165) is 25.7 Å². The summed E-state index contributed by atoms with van der Waals surface area (Å²) in [6.45, 7) is 2.18. The van der Waals surface area contributed by atoms with E-state index in [-0.39, 0.29) is 5.97 Å². The van der Waals surface area contributed by atoms with Crippen molar-refractivity contribution in [1.82, 2.24) is 0 Å². The summed E-state index contributed by atoms with van der Waals surface area (Å²) in [7, 11) is 1.47. The van der Waals surface area contributed by atoms with Gasteiger partial charge in [-0.25, -0.2) is 0 Å². The van der Waals surface area contributed by atoms with Crippen molar-refractivity contribution in [3.05, 3.63) is 36.5 Å². The van der Waals surface area contributed by atoms with Gasteiger partial charge < -0.3 is 4.74 Å². The van der Waals surface area contributed by atoms with E-state index >= 15 is 0 Å². The lowest BCUT2D eigenvalue weighted by atomic mass is 10.0. The molecule has 0 bridgehead atoms. The molecule has 2 nitrogen and oxygen atoms in total. The van der Waals surface area contributed by atoms with Crippen LogP contribution in [0.2, 0.25) is 0 Å². The molecule has 2 heteroatoms. The standard InChI is InChI=1S/C35H64O2/c1-3-4-5-6-7-8-9-10-11-12-13-14-15-16-17-18-19-20-21-22-23-24-25-26-27-28-29-30-31-32-33-34-35(36)37-2/h4-5,7-8,10-11H,3,6,9,12-34H2,1-2H3/b5-4-,8-7-,11-10-. The summed E-state index contributed by atoms with van der Waals surface area (Å²) in [6.07, 6.45) is 47.9. The third kappa shape index (κ3) is 32.7. The van der Waals surface area contributed by atoms with Crippen molar-refractivity contribution in [3.8, 4) is 0 Å². The highest BCUT2D eigenvalue weighted by molar-refractivity contribution is 5.68. The zero-order valence-corrected chi connectivity index (χ0v) is 25.2. The first kappa shape index (κ1) is 35.7. The van der Waals surface area contributed by atoms with Crippen LogP contribution in [0.15, 0.2) is 36.5 Å². The first-order valence-corrected chi connectivity index (χ1v) is 16.3. The monoisotopic (exact) mass is 516 g/mol. The van der Waals surface area contributed by atoms with Gasteiger partial charge in [0, 0.05) is 6.42 Å². The molecule has 0 fully saturated rings. The minimum Gasteiger partial charge on any atom is -0.469 e. The van der Waals surface area contributed by atoms with E-state index in [1.165, 1.54) is 142 Å². The lowest BCUT2D eigenvalue weighted by Crippen LogP contribution is -1.99. The SMILES string of the molecule is CC/C=C\C/C=C\C/C=C\CCCCCCCCCCCCCCCCCCCCCCCC(=O)OC. The average molecular weight is 517 g/mol. The van der Waals surface area contributed by atoms with Crippen molar-refractivity contribution in [2.75, 3.05) is 7.11 Å². The molecular weight excluding hydrogens is 452 g/mol. The third-order valence-corrected chi connectivity index (χ3v) is 7.26. The second-order valence-electron chi connectivity index (χ2n) is 10.8. The van der Waals surface area contributed by atoms with Crippen LogP contribution in [0.1, 0.15) is 174 Å². The van der Waals surface area contributed by atoms with Crippen molar-refractivity contribution in [1.29, 1.82) is 0 Å². The molecule has 0 aliphatic carbocycles. The number of ether oxygens (including phenoxy) is 1. The molecule has 0 radical (unpaired) electrons. The molecule has 0 atom stereocenters. The molecule has 0 rings (SSSR count). The molecule has 0 heterocycles. The van der Waals surface area contributed by atoms with Gasteiger partial charge in [-0.15, -0.1) is 0 Å². The Morgan fingerprint density at radius 3 is 1.16 bits per heavy atom. The van der Waals surface area contributed by atoms with Crippen LogP contribution in [0, 0.1) is 0 Å². The van der Waals surface area contributed by atoms with Crippen LogP contribution in [0.25, 0.3) is 0 Å². The smallest absolute Gasteiger partial charge is 0.305 e. The summed E-state index contributed by atoms with van der Waals surface area (Å²) < 4.78 is 4.67. The number of hydrogen-bond acceptors (Lipinski definition) is 2. The number of carbonyl (C=O) groups is 1. The lowest BCUT2D eigenvalue weighted by molar-refractivity contribution is -0.140. The summed E-state index contributed by atoms with van der Waals surface area (Å²) in [5.74, 6) is -0.0636. The van der Waals surface area contributed by atoms with Crippen LogP contribution in [-0.4, -0.2) is 13.1 Å². The first-order chi connectivity index (χ1) is 18.3. The molecule has 0 aromatic heterocycles. The number of allylic oxidation sites excluding steroid dienone is 6. The van der Waals surface area contributed by atoms with E-state index in [4.69, 9.17) is 0 Å². The minimum atomic E-state index is -0.0636. The topological polar surface area (TPSA) is 26.3 Å². The van der Waals surface area contributed by atoms with Crippen LogP contribution in [0.4, 0.5) is 0 Å². The molecule has 0 amide bonds. The fourth-order valence-electron chi connectivity index (χ4n) is 4.82. The average Bonchev–Trinajstić information content (AvgIpc) is 2.91. The Bertz CT molecular complexity index is 531. The molecule has 0 unspecified atom stereocenters.